The maximum absolute atomic E-state index is 13.9. The van der Waals surface area contributed by atoms with Crippen LogP contribution in [-0.2, 0) is 15.1 Å². The van der Waals surface area contributed by atoms with Gasteiger partial charge in [0.1, 0.15) is 11.3 Å². The molecule has 1 N–H and O–H groups in total. The molecule has 0 bridgehead atoms. The van der Waals surface area contributed by atoms with Crippen molar-refractivity contribution >= 4 is 35.0 Å². The Kier molecular flexibility index (Phi) is 4.75. The van der Waals surface area contributed by atoms with Gasteiger partial charge in [-0.1, -0.05) is 24.3 Å². The molecule has 6 nitrogen and oxygen atoms in total. The molecule has 3 aliphatic heterocycles. The largest absolute Gasteiger partial charge is 0.497 e. The number of carbonyl (C=O) groups is 2. The highest BCUT2D eigenvalue weighted by atomic mass is 32.2. The minimum Gasteiger partial charge on any atom is -0.497 e. The normalized spacial score (nSPS) is 27.4. The van der Waals surface area contributed by atoms with E-state index in [4.69, 9.17) is 4.74 Å². The van der Waals surface area contributed by atoms with Gasteiger partial charge >= 0.3 is 0 Å². The van der Waals surface area contributed by atoms with Crippen molar-refractivity contribution in [2.75, 3.05) is 35.5 Å². The van der Waals surface area contributed by atoms with E-state index < -0.39 is 11.5 Å². The lowest BCUT2D eigenvalue weighted by atomic mass is 9.79. The van der Waals surface area contributed by atoms with Gasteiger partial charge in [0.15, 0.2) is 0 Å². The molecule has 2 amide bonds. The fourth-order valence-electron chi connectivity index (χ4n) is 5.33. The Morgan fingerprint density at radius 1 is 1.27 bits per heavy atom. The predicted molar refractivity (Wildman–Crippen MR) is 119 cm³/mol. The molecule has 2 aromatic rings. The summed E-state index contributed by atoms with van der Waals surface area (Å²) >= 11 is 1.84. The zero-order valence-electron chi connectivity index (χ0n) is 17.1. The van der Waals surface area contributed by atoms with E-state index in [1.54, 1.807) is 13.2 Å². The number of carbonyl (C=O) groups excluding carboxylic acids is 2. The molecule has 0 aromatic heterocycles. The fraction of sp³-hybridized carbons (Fsp3) is 0.391. The molecule has 0 radical (unpaired) electrons. The summed E-state index contributed by atoms with van der Waals surface area (Å²) in [7, 11) is 1.60. The number of nitrogens with one attached hydrogen (secondary N) is 1. The minimum absolute atomic E-state index is 0.0296. The Balaban J connectivity index is 1.58. The van der Waals surface area contributed by atoms with Crippen LogP contribution in [0.25, 0.3) is 0 Å². The SMILES string of the molecule is CCN1C(=O)[C@]2(c3ccccc31)[C@@H](C(=O)Nc1cccc(OC)c1)C[C@H]1CSCN12. The summed E-state index contributed by atoms with van der Waals surface area (Å²) in [5.74, 6) is 1.88. The topological polar surface area (TPSA) is 61.9 Å². The average molecular weight is 424 g/mol. The number of para-hydroxylation sites is 1. The van der Waals surface area contributed by atoms with Gasteiger partial charge in [0.25, 0.3) is 5.91 Å². The standard InChI is InChI=1S/C23H25N3O3S/c1-3-25-20-10-5-4-9-18(20)23(22(25)28)19(12-16-13-30-14-26(16)23)21(27)24-15-7-6-8-17(11-15)29-2/h4-11,16,19H,3,12-14H2,1-2H3,(H,24,27)/t16-,19+,23-/m0/s1. The van der Waals surface area contributed by atoms with Gasteiger partial charge in [-0.25, -0.2) is 0 Å². The number of nitrogens with zero attached hydrogens (tertiary/aromatic N) is 2. The number of hydrogen-bond acceptors (Lipinski definition) is 5. The number of benzene rings is 2. The second-order valence-corrected chi connectivity index (χ2v) is 8.97. The van der Waals surface area contributed by atoms with Gasteiger partial charge in [0.05, 0.1) is 13.0 Å². The number of ether oxygens (including phenoxy) is 1. The first-order valence-corrected chi connectivity index (χ1v) is 11.5. The molecular weight excluding hydrogens is 398 g/mol. The Morgan fingerprint density at radius 3 is 2.90 bits per heavy atom. The molecule has 0 saturated carbocycles. The van der Waals surface area contributed by atoms with E-state index in [0.717, 1.165) is 22.9 Å². The molecular formula is C23H25N3O3S. The second-order valence-electron chi connectivity index (χ2n) is 7.97. The summed E-state index contributed by atoms with van der Waals surface area (Å²) in [6.07, 6.45) is 0.681. The van der Waals surface area contributed by atoms with E-state index in [-0.39, 0.29) is 17.9 Å². The first kappa shape index (κ1) is 19.5. The third-order valence-corrected chi connectivity index (χ3v) is 7.67. The fourth-order valence-corrected chi connectivity index (χ4v) is 6.63. The molecule has 156 valence electrons. The highest BCUT2D eigenvalue weighted by molar-refractivity contribution is 7.99. The van der Waals surface area contributed by atoms with Crippen LogP contribution in [0.15, 0.2) is 48.5 Å². The first-order chi connectivity index (χ1) is 14.6. The van der Waals surface area contributed by atoms with Gasteiger partial charge in [-0.3, -0.25) is 14.5 Å². The van der Waals surface area contributed by atoms with Crippen LogP contribution >= 0.6 is 11.8 Å². The lowest BCUT2D eigenvalue weighted by molar-refractivity contribution is -0.136. The number of rotatable bonds is 4. The summed E-state index contributed by atoms with van der Waals surface area (Å²) in [4.78, 5) is 31.6. The maximum atomic E-state index is 13.9. The molecule has 3 aliphatic rings. The number of methoxy groups -OCH3 is 1. The van der Waals surface area contributed by atoms with Crippen molar-refractivity contribution in [3.8, 4) is 5.75 Å². The van der Waals surface area contributed by atoms with E-state index in [0.29, 0.717) is 24.4 Å². The average Bonchev–Trinajstić information content (AvgIpc) is 3.41. The minimum atomic E-state index is -0.927. The van der Waals surface area contributed by atoms with Crippen LogP contribution in [0.5, 0.6) is 5.75 Å². The number of hydrogen-bond donors (Lipinski definition) is 1. The lowest BCUT2D eigenvalue weighted by Gasteiger charge is -2.36. The number of fused-ring (bicyclic) bond motifs is 4. The second kappa shape index (κ2) is 7.32. The summed E-state index contributed by atoms with van der Waals surface area (Å²) in [5, 5.41) is 3.06. The highest BCUT2D eigenvalue weighted by Gasteiger charge is 2.67. The molecule has 5 rings (SSSR count). The summed E-state index contributed by atoms with van der Waals surface area (Å²) < 4.78 is 5.28. The summed E-state index contributed by atoms with van der Waals surface area (Å²) in [6.45, 7) is 2.58. The van der Waals surface area contributed by atoms with Crippen molar-refractivity contribution < 1.29 is 14.3 Å². The third-order valence-electron chi connectivity index (χ3n) is 6.59. The van der Waals surface area contributed by atoms with E-state index in [1.807, 2.05) is 66.1 Å². The van der Waals surface area contributed by atoms with E-state index in [2.05, 4.69) is 10.2 Å². The van der Waals surface area contributed by atoms with Crippen molar-refractivity contribution in [1.82, 2.24) is 4.90 Å². The number of amides is 2. The molecule has 2 aromatic carbocycles. The van der Waals surface area contributed by atoms with Crippen LogP contribution in [0.1, 0.15) is 18.9 Å². The zero-order chi connectivity index (χ0) is 20.9. The number of thioether (sulfide) groups is 1. The Morgan fingerprint density at radius 2 is 2.10 bits per heavy atom. The van der Waals surface area contributed by atoms with Crippen LogP contribution in [-0.4, -0.2) is 48.0 Å². The molecule has 2 saturated heterocycles. The molecule has 3 atom stereocenters. The summed E-state index contributed by atoms with van der Waals surface area (Å²) in [6, 6.07) is 15.5. The smallest absolute Gasteiger partial charge is 0.253 e. The lowest BCUT2D eigenvalue weighted by Crippen LogP contribution is -2.55. The molecule has 7 heteroatoms. The van der Waals surface area contributed by atoms with Crippen LogP contribution in [0.2, 0.25) is 0 Å². The van der Waals surface area contributed by atoms with Crippen molar-refractivity contribution in [2.45, 2.75) is 24.9 Å². The van der Waals surface area contributed by atoms with Gasteiger partial charge in [0, 0.05) is 47.2 Å². The highest BCUT2D eigenvalue weighted by Crippen LogP contribution is 2.57. The van der Waals surface area contributed by atoms with Crippen LogP contribution in [0.3, 0.4) is 0 Å². The quantitative estimate of drug-likeness (QED) is 0.818. The predicted octanol–water partition coefficient (Wildman–Crippen LogP) is 3.29. The van der Waals surface area contributed by atoms with Crippen molar-refractivity contribution in [1.29, 1.82) is 0 Å². The molecule has 2 fully saturated rings. The molecule has 30 heavy (non-hydrogen) atoms. The molecule has 0 aliphatic carbocycles. The number of anilines is 2. The van der Waals surface area contributed by atoms with Crippen LogP contribution in [0.4, 0.5) is 11.4 Å². The van der Waals surface area contributed by atoms with Gasteiger partial charge in [-0.2, -0.15) is 0 Å². The van der Waals surface area contributed by atoms with Crippen molar-refractivity contribution in [3.05, 3.63) is 54.1 Å². The monoisotopic (exact) mass is 423 g/mol. The van der Waals surface area contributed by atoms with Gasteiger partial charge in [0.2, 0.25) is 5.91 Å². The van der Waals surface area contributed by atoms with Gasteiger partial charge in [-0.05, 0) is 31.5 Å². The Labute approximate surface area is 180 Å². The van der Waals surface area contributed by atoms with E-state index in [9.17, 15) is 9.59 Å². The van der Waals surface area contributed by atoms with Gasteiger partial charge in [-0.15, -0.1) is 11.8 Å². The van der Waals surface area contributed by atoms with Crippen LogP contribution in [0, 0.1) is 5.92 Å². The maximum Gasteiger partial charge on any atom is 0.253 e. The first-order valence-electron chi connectivity index (χ1n) is 10.3. The van der Waals surface area contributed by atoms with E-state index >= 15 is 0 Å². The molecule has 0 unspecified atom stereocenters. The van der Waals surface area contributed by atoms with Crippen molar-refractivity contribution in [2.24, 2.45) is 5.92 Å². The molecule has 3 heterocycles. The summed E-state index contributed by atoms with van der Waals surface area (Å²) in [5.41, 5.74) is 1.65. The zero-order valence-corrected chi connectivity index (χ0v) is 17.9. The molecule has 1 spiro atoms. The van der Waals surface area contributed by atoms with Gasteiger partial charge < -0.3 is 15.0 Å². The van der Waals surface area contributed by atoms with Crippen molar-refractivity contribution in [3.63, 3.8) is 0 Å². The Bertz CT molecular complexity index is 1010. The number of likely N-dealkylation sites (N-methyl/N-ethyl adjacent to an activating group) is 1. The Hall–Kier alpha value is -2.51. The third kappa shape index (κ3) is 2.61. The van der Waals surface area contributed by atoms with E-state index in [1.165, 1.54) is 0 Å². The van der Waals surface area contributed by atoms with Crippen LogP contribution < -0.4 is 15.0 Å².